The van der Waals surface area contributed by atoms with Gasteiger partial charge in [-0.3, -0.25) is 0 Å². The second-order valence-corrected chi connectivity index (χ2v) is 4.55. The van der Waals surface area contributed by atoms with E-state index in [2.05, 4.69) is 19.2 Å². The van der Waals surface area contributed by atoms with Crippen molar-refractivity contribution in [1.82, 2.24) is 5.32 Å². The Morgan fingerprint density at radius 2 is 2.00 bits per heavy atom. The largest absolute Gasteiger partial charge is 0.313 e. The molecule has 96 valence electrons. The van der Waals surface area contributed by atoms with Crippen molar-refractivity contribution in [3.05, 3.63) is 35.4 Å². The number of halogens is 2. The van der Waals surface area contributed by atoms with E-state index in [9.17, 15) is 8.78 Å². The van der Waals surface area contributed by atoms with Crippen LogP contribution in [0.2, 0.25) is 0 Å². The monoisotopic (exact) mass is 241 g/mol. The molecule has 2 atom stereocenters. The second kappa shape index (κ2) is 6.70. The molecule has 0 aromatic heterocycles. The number of benzene rings is 1. The molecule has 0 heterocycles. The first kappa shape index (κ1) is 14.1. The molecule has 0 fully saturated rings. The highest BCUT2D eigenvalue weighted by Crippen LogP contribution is 2.28. The Morgan fingerprint density at radius 1 is 1.29 bits per heavy atom. The first-order valence-corrected chi connectivity index (χ1v) is 6.22. The Morgan fingerprint density at radius 3 is 2.59 bits per heavy atom. The van der Waals surface area contributed by atoms with Crippen LogP contribution in [0.25, 0.3) is 0 Å². The van der Waals surface area contributed by atoms with Gasteiger partial charge in [0.1, 0.15) is 11.6 Å². The standard InChI is InChI=1S/C14H21F2N/c1-4-5-6-10(2)14(17-3)12-9-11(15)7-8-13(12)16/h7-10,14,17H,4-6H2,1-3H3. The average Bonchev–Trinajstić information content (AvgIpc) is 2.32. The average molecular weight is 241 g/mol. The second-order valence-electron chi connectivity index (χ2n) is 4.55. The maximum atomic E-state index is 13.7. The predicted octanol–water partition coefficient (Wildman–Crippen LogP) is 4.05. The Labute approximate surface area is 102 Å². The highest BCUT2D eigenvalue weighted by Gasteiger charge is 2.20. The van der Waals surface area contributed by atoms with Gasteiger partial charge in [0.15, 0.2) is 0 Å². The van der Waals surface area contributed by atoms with Gasteiger partial charge in [-0.2, -0.15) is 0 Å². The minimum atomic E-state index is -0.385. The number of unbranched alkanes of at least 4 members (excludes halogenated alkanes) is 1. The van der Waals surface area contributed by atoms with Crippen molar-refractivity contribution < 1.29 is 8.78 Å². The summed E-state index contributed by atoms with van der Waals surface area (Å²) >= 11 is 0. The molecule has 17 heavy (non-hydrogen) atoms. The molecule has 0 bridgehead atoms. The number of hydrogen-bond donors (Lipinski definition) is 1. The van der Waals surface area contributed by atoms with Crippen LogP contribution < -0.4 is 5.32 Å². The molecule has 1 rings (SSSR count). The van der Waals surface area contributed by atoms with Crippen molar-refractivity contribution >= 4 is 0 Å². The Balaban J connectivity index is 2.88. The van der Waals surface area contributed by atoms with Gasteiger partial charge < -0.3 is 5.32 Å². The number of nitrogens with one attached hydrogen (secondary N) is 1. The van der Waals surface area contributed by atoms with Crippen molar-refractivity contribution in [3.63, 3.8) is 0 Å². The molecule has 1 aromatic rings. The molecule has 3 heteroatoms. The van der Waals surface area contributed by atoms with Crippen LogP contribution in [-0.4, -0.2) is 7.05 Å². The zero-order valence-electron chi connectivity index (χ0n) is 10.8. The highest BCUT2D eigenvalue weighted by molar-refractivity contribution is 5.22. The van der Waals surface area contributed by atoms with Gasteiger partial charge in [0.25, 0.3) is 0 Å². The zero-order chi connectivity index (χ0) is 12.8. The third kappa shape index (κ3) is 3.77. The lowest BCUT2D eigenvalue weighted by Crippen LogP contribution is -2.24. The molecule has 0 spiro atoms. The lowest BCUT2D eigenvalue weighted by molar-refractivity contribution is 0.365. The zero-order valence-corrected chi connectivity index (χ0v) is 10.8. The minimum Gasteiger partial charge on any atom is -0.313 e. The van der Waals surface area contributed by atoms with E-state index in [0.717, 1.165) is 25.3 Å². The van der Waals surface area contributed by atoms with E-state index in [0.29, 0.717) is 5.56 Å². The summed E-state index contributed by atoms with van der Waals surface area (Å²) in [5.74, 6) is -0.435. The third-order valence-electron chi connectivity index (χ3n) is 3.19. The van der Waals surface area contributed by atoms with E-state index in [-0.39, 0.29) is 23.6 Å². The molecule has 1 N–H and O–H groups in total. The summed E-state index contributed by atoms with van der Waals surface area (Å²) in [4.78, 5) is 0. The van der Waals surface area contributed by atoms with E-state index < -0.39 is 0 Å². The van der Waals surface area contributed by atoms with E-state index in [4.69, 9.17) is 0 Å². The molecule has 0 saturated carbocycles. The van der Waals surface area contributed by atoms with Crippen molar-refractivity contribution in [2.24, 2.45) is 5.92 Å². The van der Waals surface area contributed by atoms with Crippen molar-refractivity contribution in [1.29, 1.82) is 0 Å². The summed E-state index contributed by atoms with van der Waals surface area (Å²) in [6, 6.07) is 3.51. The first-order valence-electron chi connectivity index (χ1n) is 6.22. The smallest absolute Gasteiger partial charge is 0.128 e. The van der Waals surface area contributed by atoms with Crippen molar-refractivity contribution in [2.45, 2.75) is 39.2 Å². The molecular weight excluding hydrogens is 220 g/mol. The molecule has 0 aliphatic carbocycles. The van der Waals surface area contributed by atoms with Crippen LogP contribution in [0.3, 0.4) is 0 Å². The van der Waals surface area contributed by atoms with Crippen LogP contribution >= 0.6 is 0 Å². The maximum Gasteiger partial charge on any atom is 0.128 e. The molecule has 2 unspecified atom stereocenters. The molecular formula is C14H21F2N. The summed E-state index contributed by atoms with van der Waals surface area (Å²) in [7, 11) is 1.79. The summed E-state index contributed by atoms with van der Waals surface area (Å²) in [5, 5.41) is 3.09. The molecule has 0 amide bonds. The van der Waals surface area contributed by atoms with E-state index in [1.807, 2.05) is 0 Å². The minimum absolute atomic E-state index is 0.128. The lowest BCUT2D eigenvalue weighted by atomic mass is 9.90. The van der Waals surface area contributed by atoms with Gasteiger partial charge >= 0.3 is 0 Å². The molecule has 0 aliphatic rings. The van der Waals surface area contributed by atoms with Gasteiger partial charge in [0.2, 0.25) is 0 Å². The van der Waals surface area contributed by atoms with E-state index in [1.54, 1.807) is 7.05 Å². The number of hydrogen-bond acceptors (Lipinski definition) is 1. The van der Waals surface area contributed by atoms with Gasteiger partial charge in [0.05, 0.1) is 0 Å². The number of rotatable bonds is 6. The Kier molecular flexibility index (Phi) is 5.56. The summed E-state index contributed by atoms with van der Waals surface area (Å²) < 4.78 is 26.8. The lowest BCUT2D eigenvalue weighted by Gasteiger charge is -2.24. The summed E-state index contributed by atoms with van der Waals surface area (Å²) in [5.41, 5.74) is 0.427. The summed E-state index contributed by atoms with van der Waals surface area (Å²) in [6.45, 7) is 4.20. The molecule has 1 aromatic carbocycles. The summed E-state index contributed by atoms with van der Waals surface area (Å²) in [6.07, 6.45) is 3.24. The molecule has 0 aliphatic heterocycles. The van der Waals surface area contributed by atoms with Gasteiger partial charge in [-0.05, 0) is 37.6 Å². The highest BCUT2D eigenvalue weighted by atomic mass is 19.1. The van der Waals surface area contributed by atoms with Crippen LogP contribution in [0.1, 0.15) is 44.7 Å². The van der Waals surface area contributed by atoms with Gasteiger partial charge in [-0.15, -0.1) is 0 Å². The van der Waals surface area contributed by atoms with Crippen LogP contribution in [0.5, 0.6) is 0 Å². The molecule has 1 nitrogen and oxygen atoms in total. The molecule has 0 radical (unpaired) electrons. The maximum absolute atomic E-state index is 13.7. The van der Waals surface area contributed by atoms with Gasteiger partial charge in [0, 0.05) is 11.6 Å². The van der Waals surface area contributed by atoms with Crippen molar-refractivity contribution in [3.8, 4) is 0 Å². The fourth-order valence-electron chi connectivity index (χ4n) is 2.19. The normalized spacial score (nSPS) is 14.6. The predicted molar refractivity (Wildman–Crippen MR) is 66.8 cm³/mol. The van der Waals surface area contributed by atoms with E-state index >= 15 is 0 Å². The Hall–Kier alpha value is -0.960. The van der Waals surface area contributed by atoms with Crippen LogP contribution in [0, 0.1) is 17.6 Å². The third-order valence-corrected chi connectivity index (χ3v) is 3.19. The van der Waals surface area contributed by atoms with Crippen LogP contribution in [-0.2, 0) is 0 Å². The SMILES string of the molecule is CCCCC(C)C(NC)c1cc(F)ccc1F. The fraction of sp³-hybridized carbons (Fsp3) is 0.571. The van der Waals surface area contributed by atoms with Crippen LogP contribution in [0.4, 0.5) is 8.78 Å². The van der Waals surface area contributed by atoms with Gasteiger partial charge in [-0.1, -0.05) is 26.7 Å². The van der Waals surface area contributed by atoms with Crippen molar-refractivity contribution in [2.75, 3.05) is 7.05 Å². The van der Waals surface area contributed by atoms with E-state index in [1.165, 1.54) is 12.1 Å². The van der Waals surface area contributed by atoms with Crippen LogP contribution in [0.15, 0.2) is 18.2 Å². The topological polar surface area (TPSA) is 12.0 Å². The fourth-order valence-corrected chi connectivity index (χ4v) is 2.19. The quantitative estimate of drug-likeness (QED) is 0.792. The first-order chi connectivity index (χ1) is 8.10. The van der Waals surface area contributed by atoms with Gasteiger partial charge in [-0.25, -0.2) is 8.78 Å². The molecule has 0 saturated heterocycles. The Bertz CT molecular complexity index is 352.